The molecular weight excluding hydrogens is 322 g/mol. The van der Waals surface area contributed by atoms with Gasteiger partial charge in [-0.05, 0) is 18.6 Å². The van der Waals surface area contributed by atoms with Gasteiger partial charge in [-0.3, -0.25) is 9.59 Å². The molecule has 0 N–H and O–H groups in total. The SMILES string of the molecule is CCCCCCn1c(=O)c(OC(C)=O)c(OC)c2ccc(OC)cc21. The number of nitrogens with zero attached hydrogens (tertiary/aromatic N) is 1. The van der Waals surface area contributed by atoms with Gasteiger partial charge in [0.25, 0.3) is 5.56 Å². The number of rotatable bonds is 8. The standard InChI is InChI=1S/C19H25NO5/c1-5-6-7-8-11-20-16-12-14(23-3)9-10-15(16)17(24-4)18(19(20)22)25-13(2)21/h9-10,12H,5-8,11H2,1-4H3. The van der Waals surface area contributed by atoms with E-state index in [0.29, 0.717) is 23.2 Å². The number of hydrogen-bond donors (Lipinski definition) is 0. The van der Waals surface area contributed by atoms with Gasteiger partial charge in [-0.15, -0.1) is 0 Å². The van der Waals surface area contributed by atoms with Crippen molar-refractivity contribution < 1.29 is 19.0 Å². The van der Waals surface area contributed by atoms with Gasteiger partial charge in [0.1, 0.15) is 5.75 Å². The minimum Gasteiger partial charge on any atom is -0.497 e. The van der Waals surface area contributed by atoms with E-state index in [-0.39, 0.29) is 17.1 Å². The molecule has 0 unspecified atom stereocenters. The lowest BCUT2D eigenvalue weighted by atomic mass is 10.1. The summed E-state index contributed by atoms with van der Waals surface area (Å²) in [6.45, 7) is 3.95. The third-order valence-electron chi connectivity index (χ3n) is 4.07. The van der Waals surface area contributed by atoms with Crippen molar-refractivity contribution in [2.24, 2.45) is 0 Å². The molecule has 0 bridgehead atoms. The normalized spacial score (nSPS) is 10.7. The summed E-state index contributed by atoms with van der Waals surface area (Å²) in [7, 11) is 3.03. The van der Waals surface area contributed by atoms with Crippen LogP contribution in [0.5, 0.6) is 17.2 Å². The number of methoxy groups -OCH3 is 2. The topological polar surface area (TPSA) is 66.8 Å². The van der Waals surface area contributed by atoms with E-state index in [9.17, 15) is 9.59 Å². The van der Waals surface area contributed by atoms with Crippen LogP contribution >= 0.6 is 0 Å². The molecule has 0 aliphatic rings. The van der Waals surface area contributed by atoms with Gasteiger partial charge in [-0.2, -0.15) is 0 Å². The molecule has 25 heavy (non-hydrogen) atoms. The average molecular weight is 347 g/mol. The van der Waals surface area contributed by atoms with Crippen LogP contribution in [0.4, 0.5) is 0 Å². The molecule has 0 aliphatic heterocycles. The Balaban J connectivity index is 2.65. The van der Waals surface area contributed by atoms with E-state index in [1.165, 1.54) is 14.0 Å². The Hall–Kier alpha value is -2.50. The first-order valence-corrected chi connectivity index (χ1v) is 8.50. The number of hydrogen-bond acceptors (Lipinski definition) is 5. The highest BCUT2D eigenvalue weighted by Gasteiger charge is 2.20. The fourth-order valence-corrected chi connectivity index (χ4v) is 2.86. The molecule has 0 amide bonds. The number of fused-ring (bicyclic) bond motifs is 1. The molecule has 0 saturated carbocycles. The minimum absolute atomic E-state index is 0.0665. The lowest BCUT2D eigenvalue weighted by molar-refractivity contribution is -0.132. The summed E-state index contributed by atoms with van der Waals surface area (Å²) in [5, 5.41) is 0.703. The van der Waals surface area contributed by atoms with E-state index in [0.717, 1.165) is 25.7 Å². The van der Waals surface area contributed by atoms with Crippen molar-refractivity contribution >= 4 is 16.9 Å². The second kappa shape index (κ2) is 8.55. The predicted molar refractivity (Wildman–Crippen MR) is 96.8 cm³/mol. The van der Waals surface area contributed by atoms with E-state index < -0.39 is 5.97 Å². The first kappa shape index (κ1) is 18.8. The molecular formula is C19H25NO5. The molecule has 0 fully saturated rings. The van der Waals surface area contributed by atoms with Gasteiger partial charge in [0, 0.05) is 24.9 Å². The maximum Gasteiger partial charge on any atom is 0.308 e. The van der Waals surface area contributed by atoms with Gasteiger partial charge in [-0.1, -0.05) is 26.2 Å². The summed E-state index contributed by atoms with van der Waals surface area (Å²) >= 11 is 0. The van der Waals surface area contributed by atoms with Crippen LogP contribution in [0, 0.1) is 0 Å². The number of ether oxygens (including phenoxy) is 3. The molecule has 0 saturated heterocycles. The lowest BCUT2D eigenvalue weighted by Crippen LogP contribution is -2.24. The number of carbonyl (C=O) groups excluding carboxylic acids is 1. The molecule has 1 heterocycles. The maximum atomic E-state index is 12.9. The number of aromatic nitrogens is 1. The summed E-state index contributed by atoms with van der Waals surface area (Å²) in [5.41, 5.74) is 0.331. The van der Waals surface area contributed by atoms with E-state index >= 15 is 0 Å². The van der Waals surface area contributed by atoms with Crippen molar-refractivity contribution in [3.05, 3.63) is 28.6 Å². The molecule has 0 radical (unpaired) electrons. The van der Waals surface area contributed by atoms with Crippen LogP contribution in [-0.4, -0.2) is 24.8 Å². The van der Waals surface area contributed by atoms with Crippen molar-refractivity contribution in [1.82, 2.24) is 4.57 Å². The molecule has 136 valence electrons. The fourth-order valence-electron chi connectivity index (χ4n) is 2.86. The van der Waals surface area contributed by atoms with Crippen molar-refractivity contribution in [3.8, 4) is 17.2 Å². The zero-order chi connectivity index (χ0) is 18.4. The lowest BCUT2D eigenvalue weighted by Gasteiger charge is -2.17. The van der Waals surface area contributed by atoms with Gasteiger partial charge in [0.05, 0.1) is 19.7 Å². The van der Waals surface area contributed by atoms with Crippen LogP contribution in [0.2, 0.25) is 0 Å². The molecule has 0 aliphatic carbocycles. The Morgan fingerprint density at radius 3 is 2.44 bits per heavy atom. The van der Waals surface area contributed by atoms with Crippen LogP contribution in [0.15, 0.2) is 23.0 Å². The summed E-state index contributed by atoms with van der Waals surface area (Å²) in [6.07, 6.45) is 4.13. The van der Waals surface area contributed by atoms with Crippen LogP contribution in [0.3, 0.4) is 0 Å². The van der Waals surface area contributed by atoms with Crippen molar-refractivity contribution in [1.29, 1.82) is 0 Å². The number of pyridine rings is 1. The quantitative estimate of drug-likeness (QED) is 0.540. The second-order valence-electron chi connectivity index (χ2n) is 5.86. The first-order valence-electron chi connectivity index (χ1n) is 8.50. The van der Waals surface area contributed by atoms with Crippen LogP contribution < -0.4 is 19.8 Å². The molecule has 1 aromatic carbocycles. The van der Waals surface area contributed by atoms with Crippen LogP contribution in [0.1, 0.15) is 39.5 Å². The van der Waals surface area contributed by atoms with Crippen molar-refractivity contribution in [3.63, 3.8) is 0 Å². The number of carbonyl (C=O) groups is 1. The number of unbranched alkanes of at least 4 members (excludes halogenated alkanes) is 3. The summed E-state index contributed by atoms with van der Waals surface area (Å²) in [5.74, 6) is 0.295. The van der Waals surface area contributed by atoms with Gasteiger partial charge in [0.2, 0.25) is 5.75 Å². The third kappa shape index (κ3) is 4.13. The van der Waals surface area contributed by atoms with Gasteiger partial charge < -0.3 is 18.8 Å². The van der Waals surface area contributed by atoms with Gasteiger partial charge in [-0.25, -0.2) is 0 Å². The zero-order valence-electron chi connectivity index (χ0n) is 15.3. The second-order valence-corrected chi connectivity index (χ2v) is 5.86. The summed E-state index contributed by atoms with van der Waals surface area (Å²) < 4.78 is 17.5. The Kier molecular flexibility index (Phi) is 6.44. The number of benzene rings is 1. The molecule has 6 heteroatoms. The highest BCUT2D eigenvalue weighted by atomic mass is 16.6. The molecule has 0 spiro atoms. The minimum atomic E-state index is -0.555. The van der Waals surface area contributed by atoms with Crippen LogP contribution in [-0.2, 0) is 11.3 Å². The van der Waals surface area contributed by atoms with E-state index in [2.05, 4.69) is 6.92 Å². The zero-order valence-corrected chi connectivity index (χ0v) is 15.3. The average Bonchev–Trinajstić information content (AvgIpc) is 2.60. The van der Waals surface area contributed by atoms with E-state index in [1.807, 2.05) is 6.07 Å². The Morgan fingerprint density at radius 1 is 1.08 bits per heavy atom. The molecule has 0 atom stereocenters. The van der Waals surface area contributed by atoms with Crippen molar-refractivity contribution in [2.75, 3.05) is 14.2 Å². The summed E-state index contributed by atoms with van der Waals surface area (Å²) in [6, 6.07) is 5.40. The van der Waals surface area contributed by atoms with Gasteiger partial charge in [0.15, 0.2) is 5.75 Å². The fraction of sp³-hybridized carbons (Fsp3) is 0.474. The van der Waals surface area contributed by atoms with Gasteiger partial charge >= 0.3 is 5.97 Å². The van der Waals surface area contributed by atoms with E-state index in [4.69, 9.17) is 14.2 Å². The third-order valence-corrected chi connectivity index (χ3v) is 4.07. The molecule has 1 aromatic heterocycles. The maximum absolute atomic E-state index is 12.9. The Morgan fingerprint density at radius 2 is 1.84 bits per heavy atom. The predicted octanol–water partition coefficient (Wildman–Crippen LogP) is 3.52. The smallest absolute Gasteiger partial charge is 0.308 e. The summed E-state index contributed by atoms with van der Waals surface area (Å²) in [4.78, 5) is 24.4. The molecule has 2 aromatic rings. The van der Waals surface area contributed by atoms with Crippen molar-refractivity contribution in [2.45, 2.75) is 46.1 Å². The highest BCUT2D eigenvalue weighted by molar-refractivity contribution is 5.90. The highest BCUT2D eigenvalue weighted by Crippen LogP contribution is 2.34. The largest absolute Gasteiger partial charge is 0.497 e. The Labute approximate surface area is 147 Å². The molecule has 2 rings (SSSR count). The van der Waals surface area contributed by atoms with E-state index in [1.54, 1.807) is 23.8 Å². The Bertz CT molecular complexity index is 810. The number of aryl methyl sites for hydroxylation is 1. The van der Waals surface area contributed by atoms with Crippen LogP contribution in [0.25, 0.3) is 10.9 Å². The monoisotopic (exact) mass is 347 g/mol. The first-order chi connectivity index (χ1) is 12.0. The molecule has 6 nitrogen and oxygen atoms in total. The number of esters is 1.